The molecule has 1 amide bonds. The van der Waals surface area contributed by atoms with Gasteiger partial charge < -0.3 is 10.4 Å². The number of hydrogen-bond donors (Lipinski definition) is 2. The molecule has 15 heavy (non-hydrogen) atoms. The SMILES string of the molecule is C=CC(=O)N[C@@H]1CCN(CC(C)(C)O)C1. The van der Waals surface area contributed by atoms with Gasteiger partial charge in [-0.2, -0.15) is 0 Å². The van der Waals surface area contributed by atoms with E-state index in [0.29, 0.717) is 6.54 Å². The molecule has 0 unspecified atom stereocenters. The van der Waals surface area contributed by atoms with Crippen LogP contribution in [0.15, 0.2) is 12.7 Å². The molecule has 0 radical (unpaired) electrons. The lowest BCUT2D eigenvalue weighted by atomic mass is 10.1. The second kappa shape index (κ2) is 4.77. The molecule has 1 fully saturated rings. The molecule has 0 spiro atoms. The van der Waals surface area contributed by atoms with Gasteiger partial charge in [0.25, 0.3) is 0 Å². The largest absolute Gasteiger partial charge is 0.389 e. The molecule has 1 heterocycles. The van der Waals surface area contributed by atoms with Crippen LogP contribution in [0.3, 0.4) is 0 Å². The van der Waals surface area contributed by atoms with Gasteiger partial charge in [0.2, 0.25) is 5.91 Å². The van der Waals surface area contributed by atoms with Crippen molar-refractivity contribution in [3.05, 3.63) is 12.7 Å². The molecule has 1 aliphatic rings. The molecule has 0 aromatic heterocycles. The summed E-state index contributed by atoms with van der Waals surface area (Å²) in [4.78, 5) is 13.2. The van der Waals surface area contributed by atoms with Crippen molar-refractivity contribution in [1.29, 1.82) is 0 Å². The Bertz CT molecular complexity index is 245. The Morgan fingerprint density at radius 3 is 2.93 bits per heavy atom. The van der Waals surface area contributed by atoms with E-state index in [1.165, 1.54) is 6.08 Å². The van der Waals surface area contributed by atoms with Crippen LogP contribution in [0.1, 0.15) is 20.3 Å². The van der Waals surface area contributed by atoms with Gasteiger partial charge in [0.05, 0.1) is 5.60 Å². The Hall–Kier alpha value is -0.870. The number of amides is 1. The fourth-order valence-corrected chi connectivity index (χ4v) is 1.90. The van der Waals surface area contributed by atoms with Crippen molar-refractivity contribution in [3.8, 4) is 0 Å². The van der Waals surface area contributed by atoms with Gasteiger partial charge in [-0.25, -0.2) is 0 Å². The number of likely N-dealkylation sites (tertiary alicyclic amines) is 1. The molecule has 0 aromatic rings. The first-order chi connectivity index (χ1) is 6.90. The highest BCUT2D eigenvalue weighted by molar-refractivity contribution is 5.87. The van der Waals surface area contributed by atoms with E-state index in [2.05, 4.69) is 16.8 Å². The number of carbonyl (C=O) groups excluding carboxylic acids is 1. The van der Waals surface area contributed by atoms with Crippen molar-refractivity contribution >= 4 is 5.91 Å². The van der Waals surface area contributed by atoms with Crippen LogP contribution < -0.4 is 5.32 Å². The van der Waals surface area contributed by atoms with Crippen LogP contribution in [0.5, 0.6) is 0 Å². The highest BCUT2D eigenvalue weighted by atomic mass is 16.3. The van der Waals surface area contributed by atoms with Crippen LogP contribution in [0, 0.1) is 0 Å². The molecule has 0 saturated carbocycles. The summed E-state index contributed by atoms with van der Waals surface area (Å²) in [6, 6.07) is 0.192. The van der Waals surface area contributed by atoms with E-state index in [4.69, 9.17) is 0 Å². The quantitative estimate of drug-likeness (QED) is 0.651. The van der Waals surface area contributed by atoms with Gasteiger partial charge >= 0.3 is 0 Å². The highest BCUT2D eigenvalue weighted by Crippen LogP contribution is 2.13. The zero-order valence-corrected chi connectivity index (χ0v) is 9.49. The fourth-order valence-electron chi connectivity index (χ4n) is 1.90. The molecule has 4 nitrogen and oxygen atoms in total. The van der Waals surface area contributed by atoms with Gasteiger partial charge in [-0.15, -0.1) is 0 Å². The average molecular weight is 212 g/mol. The molecular weight excluding hydrogens is 192 g/mol. The molecule has 1 aliphatic heterocycles. The van der Waals surface area contributed by atoms with Crippen molar-refractivity contribution < 1.29 is 9.90 Å². The van der Waals surface area contributed by atoms with Crippen molar-refractivity contribution in [2.45, 2.75) is 31.9 Å². The van der Waals surface area contributed by atoms with E-state index in [-0.39, 0.29) is 11.9 Å². The number of aliphatic hydroxyl groups is 1. The van der Waals surface area contributed by atoms with E-state index in [0.717, 1.165) is 19.5 Å². The van der Waals surface area contributed by atoms with Crippen LogP contribution in [-0.4, -0.2) is 47.2 Å². The molecule has 2 N–H and O–H groups in total. The lowest BCUT2D eigenvalue weighted by Gasteiger charge is -2.25. The number of nitrogens with zero attached hydrogens (tertiary/aromatic N) is 1. The zero-order valence-electron chi connectivity index (χ0n) is 9.49. The summed E-state index contributed by atoms with van der Waals surface area (Å²) in [6.45, 7) is 9.38. The summed E-state index contributed by atoms with van der Waals surface area (Å²) in [6.07, 6.45) is 2.23. The van der Waals surface area contributed by atoms with Gasteiger partial charge in [-0.1, -0.05) is 6.58 Å². The number of carbonyl (C=O) groups is 1. The molecular formula is C11H20N2O2. The van der Waals surface area contributed by atoms with E-state index in [9.17, 15) is 9.90 Å². The van der Waals surface area contributed by atoms with Crippen molar-refractivity contribution in [3.63, 3.8) is 0 Å². The molecule has 1 saturated heterocycles. The molecule has 1 atom stereocenters. The van der Waals surface area contributed by atoms with Gasteiger partial charge in [-0.3, -0.25) is 9.69 Å². The lowest BCUT2D eigenvalue weighted by Crippen LogP contribution is -2.40. The third kappa shape index (κ3) is 4.44. The Morgan fingerprint density at radius 1 is 1.73 bits per heavy atom. The number of hydrogen-bond acceptors (Lipinski definition) is 3. The Balaban J connectivity index is 2.33. The third-order valence-corrected chi connectivity index (χ3v) is 2.41. The zero-order chi connectivity index (χ0) is 11.5. The summed E-state index contributed by atoms with van der Waals surface area (Å²) < 4.78 is 0. The van der Waals surface area contributed by atoms with E-state index in [1.807, 2.05) is 0 Å². The first-order valence-corrected chi connectivity index (χ1v) is 5.28. The van der Waals surface area contributed by atoms with E-state index in [1.54, 1.807) is 13.8 Å². The van der Waals surface area contributed by atoms with Crippen LogP contribution in [0.4, 0.5) is 0 Å². The summed E-state index contributed by atoms with van der Waals surface area (Å²) in [5, 5.41) is 12.5. The Kier molecular flexibility index (Phi) is 3.88. The average Bonchev–Trinajstić information content (AvgIpc) is 2.49. The predicted molar refractivity (Wildman–Crippen MR) is 59.5 cm³/mol. The maximum Gasteiger partial charge on any atom is 0.243 e. The number of rotatable bonds is 4. The normalized spacial score (nSPS) is 22.7. The second-order valence-corrected chi connectivity index (χ2v) is 4.75. The predicted octanol–water partition coefficient (Wildman–Crippen LogP) is 0.134. The summed E-state index contributed by atoms with van der Waals surface area (Å²) in [5.74, 6) is -0.120. The van der Waals surface area contributed by atoms with Gasteiger partial charge in [0, 0.05) is 25.7 Å². The molecule has 0 aliphatic carbocycles. The monoisotopic (exact) mass is 212 g/mol. The van der Waals surface area contributed by atoms with Crippen molar-refractivity contribution in [1.82, 2.24) is 10.2 Å². The minimum Gasteiger partial charge on any atom is -0.389 e. The maximum absolute atomic E-state index is 11.1. The topological polar surface area (TPSA) is 52.6 Å². The first kappa shape index (κ1) is 12.2. The fraction of sp³-hybridized carbons (Fsp3) is 0.727. The van der Waals surface area contributed by atoms with E-state index >= 15 is 0 Å². The van der Waals surface area contributed by atoms with Crippen LogP contribution in [0.2, 0.25) is 0 Å². The summed E-state index contributed by atoms with van der Waals surface area (Å²) in [5.41, 5.74) is -0.669. The Morgan fingerprint density at radius 2 is 2.40 bits per heavy atom. The van der Waals surface area contributed by atoms with Crippen LogP contribution >= 0.6 is 0 Å². The molecule has 4 heteroatoms. The highest BCUT2D eigenvalue weighted by Gasteiger charge is 2.27. The minimum atomic E-state index is -0.669. The molecule has 86 valence electrons. The van der Waals surface area contributed by atoms with Crippen LogP contribution in [0.25, 0.3) is 0 Å². The minimum absolute atomic E-state index is 0.120. The molecule has 0 bridgehead atoms. The summed E-state index contributed by atoms with van der Waals surface area (Å²) in [7, 11) is 0. The second-order valence-electron chi connectivity index (χ2n) is 4.75. The van der Waals surface area contributed by atoms with Crippen molar-refractivity contribution in [2.75, 3.05) is 19.6 Å². The number of β-amino-alcohol motifs (C(OH)–C–C–N with tert-alkyl or cyclic N) is 1. The Labute approximate surface area is 91.0 Å². The summed E-state index contributed by atoms with van der Waals surface area (Å²) >= 11 is 0. The van der Waals surface area contributed by atoms with Gasteiger partial charge in [0.15, 0.2) is 0 Å². The van der Waals surface area contributed by atoms with Gasteiger partial charge in [0.1, 0.15) is 0 Å². The smallest absolute Gasteiger partial charge is 0.243 e. The van der Waals surface area contributed by atoms with Crippen molar-refractivity contribution in [2.24, 2.45) is 0 Å². The standard InChI is InChI=1S/C11H20N2O2/c1-4-10(14)12-9-5-6-13(7-9)8-11(2,3)15/h4,9,15H,1,5-8H2,2-3H3,(H,12,14)/t9-/m1/s1. The first-order valence-electron chi connectivity index (χ1n) is 5.28. The maximum atomic E-state index is 11.1. The van der Waals surface area contributed by atoms with E-state index < -0.39 is 5.60 Å². The van der Waals surface area contributed by atoms with Crippen LogP contribution in [-0.2, 0) is 4.79 Å². The molecule has 1 rings (SSSR count). The van der Waals surface area contributed by atoms with Gasteiger partial charge in [-0.05, 0) is 26.3 Å². The third-order valence-electron chi connectivity index (χ3n) is 2.41. The molecule has 0 aromatic carbocycles. The number of nitrogens with one attached hydrogen (secondary N) is 1. The lowest BCUT2D eigenvalue weighted by molar-refractivity contribution is -0.117.